The van der Waals surface area contributed by atoms with Crippen LogP contribution in [0.2, 0.25) is 0 Å². The van der Waals surface area contributed by atoms with Gasteiger partial charge in [-0.25, -0.2) is 0 Å². The first kappa shape index (κ1) is 16.6. The molecule has 0 saturated heterocycles. The minimum atomic E-state index is -2.19. The predicted molar refractivity (Wildman–Crippen MR) is 57.9 cm³/mol. The smallest absolute Gasteiger partial charge is 0.0870 e. The van der Waals surface area contributed by atoms with Gasteiger partial charge < -0.3 is 35.0 Å². The van der Waals surface area contributed by atoms with Crippen molar-refractivity contribution < 1.29 is 29.7 Å². The van der Waals surface area contributed by atoms with Gasteiger partial charge in [0.15, 0.2) is 0 Å². The van der Waals surface area contributed by atoms with E-state index >= 15 is 0 Å². The summed E-state index contributed by atoms with van der Waals surface area (Å²) in [7, 11) is 1.85. The van der Waals surface area contributed by atoms with Crippen LogP contribution in [0.1, 0.15) is 11.1 Å². The summed E-state index contributed by atoms with van der Waals surface area (Å²) in [5, 5.41) is 31.2. The Labute approximate surface area is 109 Å². The molecule has 0 fully saturated rings. The lowest BCUT2D eigenvalue weighted by atomic mass is 10.1. The van der Waals surface area contributed by atoms with E-state index in [-0.39, 0.29) is 6.42 Å². The van der Waals surface area contributed by atoms with Gasteiger partial charge in [0, 0.05) is 18.9 Å². The molecule has 7 nitrogen and oxygen atoms in total. The van der Waals surface area contributed by atoms with E-state index in [1.165, 1.54) is 0 Å². The number of carbonyl (C=O) groups excluding carboxylic acids is 3. The molecule has 1 N–H and O–H groups in total. The van der Waals surface area contributed by atoms with Crippen molar-refractivity contribution >= 4 is 17.9 Å². The molecule has 0 aliphatic heterocycles. The summed E-state index contributed by atoms with van der Waals surface area (Å²) in [6.45, 7) is 0.751. The Kier molecular flexibility index (Phi) is 7.55. The highest BCUT2D eigenvalue weighted by Crippen LogP contribution is 2.05. The van der Waals surface area contributed by atoms with Crippen LogP contribution >= 0.6 is 0 Å². The number of hydrogen-bond acceptors (Lipinski definition) is 7. The molecular formula is C12H12NO6-3. The van der Waals surface area contributed by atoms with Crippen molar-refractivity contribution in [3.05, 3.63) is 35.4 Å². The standard InChI is InChI=1S/C10H13NO2.C2H2O4/c1-11-7-9-4-2-3-8(5-9)6-10(12)13;3-1(4)2(5)6/h2-5,11H,6-7H2,1H3,(H,12,13);(H,3,4)(H,5,6)/p-3. The summed E-state index contributed by atoms with van der Waals surface area (Å²) in [5.74, 6) is -5.41. The van der Waals surface area contributed by atoms with Gasteiger partial charge in [0.1, 0.15) is 0 Å². The molecule has 0 bridgehead atoms. The maximum atomic E-state index is 10.3. The molecule has 0 heterocycles. The number of nitrogens with one attached hydrogen (secondary N) is 1. The van der Waals surface area contributed by atoms with E-state index in [9.17, 15) is 9.90 Å². The van der Waals surface area contributed by atoms with Crippen LogP contribution in [0.5, 0.6) is 0 Å². The minimum Gasteiger partial charge on any atom is -0.550 e. The van der Waals surface area contributed by atoms with E-state index in [1.807, 2.05) is 25.2 Å². The minimum absolute atomic E-state index is 0.0163. The summed E-state index contributed by atoms with van der Waals surface area (Å²) in [4.78, 5) is 28.2. The molecule has 19 heavy (non-hydrogen) atoms. The zero-order valence-corrected chi connectivity index (χ0v) is 10.2. The van der Waals surface area contributed by atoms with Crippen molar-refractivity contribution in [1.29, 1.82) is 0 Å². The number of carbonyl (C=O) groups is 3. The third-order valence-corrected chi connectivity index (χ3v) is 1.89. The molecule has 7 heteroatoms. The Balaban J connectivity index is 0.000000459. The zero-order chi connectivity index (χ0) is 14.8. The van der Waals surface area contributed by atoms with E-state index in [0.717, 1.165) is 17.7 Å². The van der Waals surface area contributed by atoms with Gasteiger partial charge in [0.25, 0.3) is 0 Å². The van der Waals surface area contributed by atoms with Crippen LogP contribution in [0.4, 0.5) is 0 Å². The van der Waals surface area contributed by atoms with Crippen LogP contribution in [0.3, 0.4) is 0 Å². The van der Waals surface area contributed by atoms with E-state index in [2.05, 4.69) is 5.32 Å². The first-order valence-electron chi connectivity index (χ1n) is 5.21. The Morgan fingerprint density at radius 1 is 1.05 bits per heavy atom. The highest BCUT2D eigenvalue weighted by molar-refractivity contribution is 6.25. The average molecular weight is 266 g/mol. The van der Waals surface area contributed by atoms with Crippen molar-refractivity contribution in [3.8, 4) is 0 Å². The summed E-state index contributed by atoms with van der Waals surface area (Å²) < 4.78 is 0. The van der Waals surface area contributed by atoms with Crippen LogP contribution in [0.25, 0.3) is 0 Å². The number of carboxylic acid groups (broad SMARTS) is 3. The fraction of sp³-hybridized carbons (Fsp3) is 0.250. The lowest BCUT2D eigenvalue weighted by Gasteiger charge is -2.05. The SMILES string of the molecule is CNCc1cccc(CC(=O)[O-])c1.O=C([O-])C(=O)[O-]. The van der Waals surface area contributed by atoms with E-state index in [0.29, 0.717) is 0 Å². The highest BCUT2D eigenvalue weighted by Gasteiger charge is 1.95. The van der Waals surface area contributed by atoms with Gasteiger partial charge in [-0.2, -0.15) is 0 Å². The average Bonchev–Trinajstić information content (AvgIpc) is 2.29. The zero-order valence-electron chi connectivity index (χ0n) is 10.2. The van der Waals surface area contributed by atoms with Gasteiger partial charge in [-0.1, -0.05) is 24.3 Å². The van der Waals surface area contributed by atoms with Crippen LogP contribution in [0, 0.1) is 0 Å². The lowest BCUT2D eigenvalue weighted by Crippen LogP contribution is -2.42. The van der Waals surface area contributed by atoms with Crippen molar-refractivity contribution in [2.75, 3.05) is 7.05 Å². The van der Waals surface area contributed by atoms with E-state index < -0.39 is 17.9 Å². The van der Waals surface area contributed by atoms with Crippen molar-refractivity contribution in [1.82, 2.24) is 5.32 Å². The first-order valence-corrected chi connectivity index (χ1v) is 5.21. The summed E-state index contributed by atoms with van der Waals surface area (Å²) in [6.07, 6.45) is -0.0163. The molecule has 0 unspecified atom stereocenters. The second-order valence-electron chi connectivity index (χ2n) is 3.47. The van der Waals surface area contributed by atoms with Gasteiger partial charge in [0.05, 0.1) is 11.9 Å². The van der Waals surface area contributed by atoms with Crippen LogP contribution in [0.15, 0.2) is 24.3 Å². The molecule has 0 amide bonds. The van der Waals surface area contributed by atoms with Gasteiger partial charge in [-0.05, 0) is 18.2 Å². The van der Waals surface area contributed by atoms with E-state index in [1.54, 1.807) is 6.07 Å². The summed E-state index contributed by atoms with van der Waals surface area (Å²) in [6, 6.07) is 7.46. The topological polar surface area (TPSA) is 132 Å². The van der Waals surface area contributed by atoms with Gasteiger partial charge in [-0.15, -0.1) is 0 Å². The quantitative estimate of drug-likeness (QED) is 0.552. The molecule has 1 aromatic rings. The molecule has 0 saturated carbocycles. The second kappa shape index (κ2) is 8.65. The normalized spacial score (nSPS) is 9.11. The third-order valence-electron chi connectivity index (χ3n) is 1.89. The third kappa shape index (κ3) is 8.33. The van der Waals surface area contributed by atoms with Crippen LogP contribution < -0.4 is 20.6 Å². The van der Waals surface area contributed by atoms with E-state index in [4.69, 9.17) is 19.8 Å². The molecule has 0 aliphatic rings. The molecule has 0 aliphatic carbocycles. The highest BCUT2D eigenvalue weighted by atomic mass is 16.4. The number of carboxylic acids is 3. The largest absolute Gasteiger partial charge is 0.550 e. The van der Waals surface area contributed by atoms with Gasteiger partial charge in [0.2, 0.25) is 0 Å². The fourth-order valence-electron chi connectivity index (χ4n) is 1.22. The second-order valence-corrected chi connectivity index (χ2v) is 3.47. The molecule has 1 rings (SSSR count). The van der Waals surface area contributed by atoms with Crippen LogP contribution in [-0.4, -0.2) is 25.0 Å². The Morgan fingerprint density at radius 3 is 2.00 bits per heavy atom. The number of hydrogen-bond donors (Lipinski definition) is 1. The first-order chi connectivity index (χ1) is 8.86. The predicted octanol–water partition coefficient (Wildman–Crippen LogP) is -3.82. The molecule has 0 atom stereocenters. The van der Waals surface area contributed by atoms with Crippen molar-refractivity contribution in [2.24, 2.45) is 0 Å². The van der Waals surface area contributed by atoms with Crippen LogP contribution in [-0.2, 0) is 27.3 Å². The monoisotopic (exact) mass is 266 g/mol. The Morgan fingerprint density at radius 2 is 1.58 bits per heavy atom. The molecule has 0 radical (unpaired) electrons. The number of rotatable bonds is 4. The van der Waals surface area contributed by atoms with Crippen molar-refractivity contribution in [3.63, 3.8) is 0 Å². The fourth-order valence-corrected chi connectivity index (χ4v) is 1.22. The molecular weight excluding hydrogens is 254 g/mol. The summed E-state index contributed by atoms with van der Waals surface area (Å²) >= 11 is 0. The summed E-state index contributed by atoms with van der Waals surface area (Å²) in [5.41, 5.74) is 1.87. The Bertz CT molecular complexity index is 445. The number of aliphatic carboxylic acids is 3. The number of benzene rings is 1. The molecule has 104 valence electrons. The van der Waals surface area contributed by atoms with Gasteiger partial charge in [-0.3, -0.25) is 0 Å². The lowest BCUT2D eigenvalue weighted by molar-refractivity contribution is -0.345. The molecule has 0 spiro atoms. The van der Waals surface area contributed by atoms with Gasteiger partial charge >= 0.3 is 0 Å². The molecule has 1 aromatic carbocycles. The van der Waals surface area contributed by atoms with Crippen molar-refractivity contribution in [2.45, 2.75) is 13.0 Å². The maximum absolute atomic E-state index is 10.3. The Hall–Kier alpha value is -2.41. The maximum Gasteiger partial charge on any atom is 0.0870 e. The molecule has 0 aromatic heterocycles.